The second-order valence-corrected chi connectivity index (χ2v) is 5.89. The Bertz CT molecular complexity index is 442. The van der Waals surface area contributed by atoms with Gasteiger partial charge in [-0.05, 0) is 50.8 Å². The largest absolute Gasteiger partial charge is 0.426 e. The Hall–Kier alpha value is -1.35. The molecule has 0 aliphatic heterocycles. The lowest BCUT2D eigenvalue weighted by atomic mass is 9.88. The lowest BCUT2D eigenvalue weighted by Crippen LogP contribution is -2.28. The van der Waals surface area contributed by atoms with Crippen LogP contribution in [0, 0.1) is 5.41 Å². The highest BCUT2D eigenvalue weighted by molar-refractivity contribution is 5.78. The van der Waals surface area contributed by atoms with Crippen molar-refractivity contribution < 1.29 is 14.6 Å². The predicted molar refractivity (Wildman–Crippen MR) is 80.6 cm³/mol. The third-order valence-corrected chi connectivity index (χ3v) is 4.21. The summed E-state index contributed by atoms with van der Waals surface area (Å²) in [4.78, 5) is 12.0. The average molecular weight is 278 g/mol. The second kappa shape index (κ2) is 6.40. The topological polar surface area (TPSA) is 46.5 Å². The van der Waals surface area contributed by atoms with Crippen molar-refractivity contribution in [2.75, 3.05) is 0 Å². The van der Waals surface area contributed by atoms with E-state index in [2.05, 4.69) is 0 Å². The molecule has 0 spiro atoms. The molecule has 1 aromatic carbocycles. The monoisotopic (exact) mass is 278 g/mol. The summed E-state index contributed by atoms with van der Waals surface area (Å²) in [5, 5.41) is 10.4. The van der Waals surface area contributed by atoms with E-state index in [1.165, 1.54) is 0 Å². The van der Waals surface area contributed by atoms with Gasteiger partial charge in [0.15, 0.2) is 0 Å². The molecule has 0 saturated heterocycles. The third-order valence-electron chi connectivity index (χ3n) is 4.21. The number of rotatable bonds is 6. The van der Waals surface area contributed by atoms with E-state index in [1.807, 2.05) is 46.8 Å². The van der Waals surface area contributed by atoms with Crippen molar-refractivity contribution >= 4 is 5.97 Å². The summed E-state index contributed by atoms with van der Waals surface area (Å²) < 4.78 is 5.38. The van der Waals surface area contributed by atoms with Crippen LogP contribution >= 0.6 is 0 Å². The van der Waals surface area contributed by atoms with Crippen LogP contribution in [0.5, 0.6) is 5.75 Å². The molecule has 0 saturated carbocycles. The molecule has 0 radical (unpaired) electrons. The molecule has 0 heterocycles. The number of ether oxygens (including phenoxy) is 1. The second-order valence-electron chi connectivity index (χ2n) is 5.89. The Morgan fingerprint density at radius 1 is 1.05 bits per heavy atom. The van der Waals surface area contributed by atoms with Crippen molar-refractivity contribution in [1.29, 1.82) is 0 Å². The first kappa shape index (κ1) is 16.7. The molecule has 0 unspecified atom stereocenters. The van der Waals surface area contributed by atoms with Gasteiger partial charge < -0.3 is 9.84 Å². The van der Waals surface area contributed by atoms with Gasteiger partial charge >= 0.3 is 5.97 Å². The fourth-order valence-electron chi connectivity index (χ4n) is 1.88. The molecule has 0 fully saturated rings. The van der Waals surface area contributed by atoms with Crippen molar-refractivity contribution in [3.63, 3.8) is 0 Å². The van der Waals surface area contributed by atoms with Crippen molar-refractivity contribution in [3.05, 3.63) is 29.8 Å². The lowest BCUT2D eigenvalue weighted by Gasteiger charge is -2.26. The maximum atomic E-state index is 12.0. The highest BCUT2D eigenvalue weighted by Crippen LogP contribution is 2.30. The SMILES string of the molecule is CCC(C)(C)C(=O)Oc1ccc(C(O)(CC)CC)cc1. The van der Waals surface area contributed by atoms with Gasteiger partial charge in [-0.1, -0.05) is 32.9 Å². The smallest absolute Gasteiger partial charge is 0.316 e. The van der Waals surface area contributed by atoms with Crippen LogP contribution in [-0.4, -0.2) is 11.1 Å². The summed E-state index contributed by atoms with van der Waals surface area (Å²) in [5.41, 5.74) is -0.422. The van der Waals surface area contributed by atoms with E-state index in [0.717, 1.165) is 12.0 Å². The number of aliphatic hydroxyl groups is 1. The number of benzene rings is 1. The molecule has 112 valence electrons. The van der Waals surface area contributed by atoms with Crippen LogP contribution in [-0.2, 0) is 10.4 Å². The molecule has 0 aliphatic rings. The van der Waals surface area contributed by atoms with Gasteiger partial charge in [-0.25, -0.2) is 0 Å². The first-order chi connectivity index (χ1) is 9.29. The molecule has 0 aliphatic carbocycles. The fraction of sp³-hybridized carbons (Fsp3) is 0.588. The normalized spacial score (nSPS) is 12.3. The zero-order valence-electron chi connectivity index (χ0n) is 13.2. The van der Waals surface area contributed by atoms with Gasteiger partial charge in [0.05, 0.1) is 11.0 Å². The van der Waals surface area contributed by atoms with Gasteiger partial charge in [0, 0.05) is 0 Å². The molecule has 0 aromatic heterocycles. The summed E-state index contributed by atoms with van der Waals surface area (Å²) in [6.07, 6.45) is 2.05. The van der Waals surface area contributed by atoms with E-state index in [4.69, 9.17) is 4.74 Å². The molecule has 1 N–H and O–H groups in total. The number of hydrogen-bond acceptors (Lipinski definition) is 3. The Morgan fingerprint density at radius 3 is 1.95 bits per heavy atom. The molecule has 20 heavy (non-hydrogen) atoms. The van der Waals surface area contributed by atoms with Crippen LogP contribution in [0.3, 0.4) is 0 Å². The Kier molecular flexibility index (Phi) is 5.35. The lowest BCUT2D eigenvalue weighted by molar-refractivity contribution is -0.144. The zero-order valence-corrected chi connectivity index (χ0v) is 13.2. The van der Waals surface area contributed by atoms with E-state index >= 15 is 0 Å². The molecule has 3 nitrogen and oxygen atoms in total. The highest BCUT2D eigenvalue weighted by Gasteiger charge is 2.28. The Labute approximate surface area is 122 Å². The maximum Gasteiger partial charge on any atom is 0.316 e. The number of carbonyl (C=O) groups excluding carboxylic acids is 1. The summed E-state index contributed by atoms with van der Waals surface area (Å²) >= 11 is 0. The van der Waals surface area contributed by atoms with Crippen LogP contribution in [0.2, 0.25) is 0 Å². The van der Waals surface area contributed by atoms with Crippen molar-refractivity contribution in [2.45, 2.75) is 59.5 Å². The van der Waals surface area contributed by atoms with E-state index in [-0.39, 0.29) is 5.97 Å². The van der Waals surface area contributed by atoms with E-state index < -0.39 is 11.0 Å². The van der Waals surface area contributed by atoms with Crippen LogP contribution < -0.4 is 4.74 Å². The summed E-state index contributed by atoms with van der Waals surface area (Å²) in [6.45, 7) is 9.63. The van der Waals surface area contributed by atoms with Crippen molar-refractivity contribution in [3.8, 4) is 5.75 Å². The van der Waals surface area contributed by atoms with Crippen LogP contribution in [0.25, 0.3) is 0 Å². The molecule has 1 aromatic rings. The summed E-state index contributed by atoms with van der Waals surface area (Å²) in [7, 11) is 0. The third kappa shape index (κ3) is 3.60. The van der Waals surface area contributed by atoms with Crippen LogP contribution in [0.4, 0.5) is 0 Å². The van der Waals surface area contributed by atoms with Gasteiger partial charge in [-0.15, -0.1) is 0 Å². The predicted octanol–water partition coefficient (Wildman–Crippen LogP) is 4.04. The van der Waals surface area contributed by atoms with Crippen LogP contribution in [0.1, 0.15) is 59.4 Å². The summed E-state index contributed by atoms with van der Waals surface area (Å²) in [5.74, 6) is 0.295. The Balaban J connectivity index is 2.85. The van der Waals surface area contributed by atoms with Gasteiger partial charge in [-0.2, -0.15) is 0 Å². The molecule has 0 atom stereocenters. The standard InChI is InChI=1S/C17H26O3/c1-6-16(4,5)15(18)20-14-11-9-13(10-12-14)17(19,7-2)8-3/h9-12,19H,6-8H2,1-5H3. The zero-order chi connectivity index (χ0) is 15.4. The highest BCUT2D eigenvalue weighted by atomic mass is 16.5. The number of esters is 1. The average Bonchev–Trinajstić information content (AvgIpc) is 2.47. The van der Waals surface area contributed by atoms with Crippen molar-refractivity contribution in [1.82, 2.24) is 0 Å². The number of carbonyl (C=O) groups is 1. The van der Waals surface area contributed by atoms with E-state index in [1.54, 1.807) is 12.1 Å². The summed E-state index contributed by atoms with van der Waals surface area (Å²) in [6, 6.07) is 7.15. The first-order valence-corrected chi connectivity index (χ1v) is 7.34. The minimum atomic E-state index is -0.800. The van der Waals surface area contributed by atoms with Crippen molar-refractivity contribution in [2.24, 2.45) is 5.41 Å². The van der Waals surface area contributed by atoms with Gasteiger partial charge in [0.25, 0.3) is 0 Å². The fourth-order valence-corrected chi connectivity index (χ4v) is 1.88. The molecule has 1 rings (SSSR count). The number of hydrogen-bond donors (Lipinski definition) is 1. The molecule has 0 amide bonds. The van der Waals surface area contributed by atoms with E-state index in [9.17, 15) is 9.90 Å². The molecular weight excluding hydrogens is 252 g/mol. The molecular formula is C17H26O3. The quantitative estimate of drug-likeness (QED) is 0.631. The van der Waals surface area contributed by atoms with Crippen LogP contribution in [0.15, 0.2) is 24.3 Å². The Morgan fingerprint density at radius 2 is 1.55 bits per heavy atom. The van der Waals surface area contributed by atoms with Gasteiger partial charge in [0.2, 0.25) is 0 Å². The molecule has 0 bridgehead atoms. The molecule has 3 heteroatoms. The minimum absolute atomic E-state index is 0.228. The minimum Gasteiger partial charge on any atom is -0.426 e. The van der Waals surface area contributed by atoms with Gasteiger partial charge in [0.1, 0.15) is 5.75 Å². The van der Waals surface area contributed by atoms with E-state index in [0.29, 0.717) is 18.6 Å². The maximum absolute atomic E-state index is 12.0. The first-order valence-electron chi connectivity index (χ1n) is 7.34. The van der Waals surface area contributed by atoms with Gasteiger partial charge in [-0.3, -0.25) is 4.79 Å².